The maximum absolute atomic E-state index is 13.1. The molecule has 2 nitrogen and oxygen atoms in total. The van der Waals surface area contributed by atoms with Gasteiger partial charge in [0.2, 0.25) is 0 Å². The Hall–Kier alpha value is -2.81. The van der Waals surface area contributed by atoms with Crippen LogP contribution in [-0.2, 0) is 13.2 Å². The van der Waals surface area contributed by atoms with Crippen LogP contribution in [0.1, 0.15) is 11.1 Å². The molecule has 1 N–H and O–H groups in total. The Morgan fingerprint density at radius 1 is 0.783 bits per heavy atom. The average molecular weight is 307 g/mol. The third-order valence-electron chi connectivity index (χ3n) is 3.49. The fourth-order valence-electron chi connectivity index (χ4n) is 2.26. The molecule has 0 fully saturated rings. The van der Waals surface area contributed by atoms with Crippen molar-refractivity contribution in [1.29, 1.82) is 0 Å². The Kier molecular flexibility index (Phi) is 4.89. The average Bonchev–Trinajstić information content (AvgIpc) is 2.60. The molecular weight excluding hydrogens is 289 g/mol. The standard InChI is InChI=1S/C20H18FNO/c21-18-6-4-5-17(13-18)15-23-20-11-9-16(10-12-20)14-22-19-7-2-1-3-8-19/h1-13,22H,14-15H2. The van der Waals surface area contributed by atoms with Crippen molar-refractivity contribution in [3.63, 3.8) is 0 Å². The van der Waals surface area contributed by atoms with Gasteiger partial charge in [-0.25, -0.2) is 4.39 Å². The number of halogens is 1. The lowest BCUT2D eigenvalue weighted by Crippen LogP contribution is -1.99. The molecule has 116 valence electrons. The van der Waals surface area contributed by atoms with Crippen molar-refractivity contribution in [1.82, 2.24) is 0 Å². The van der Waals surface area contributed by atoms with E-state index in [1.54, 1.807) is 6.07 Å². The van der Waals surface area contributed by atoms with E-state index in [2.05, 4.69) is 5.32 Å². The van der Waals surface area contributed by atoms with Crippen molar-refractivity contribution in [3.8, 4) is 5.75 Å². The van der Waals surface area contributed by atoms with Gasteiger partial charge in [0.1, 0.15) is 18.2 Å². The first kappa shape index (κ1) is 15.1. The summed E-state index contributed by atoms with van der Waals surface area (Å²) in [4.78, 5) is 0. The van der Waals surface area contributed by atoms with Crippen LogP contribution in [0.4, 0.5) is 10.1 Å². The molecule has 0 heterocycles. The summed E-state index contributed by atoms with van der Waals surface area (Å²) in [5.74, 6) is 0.533. The lowest BCUT2D eigenvalue weighted by molar-refractivity contribution is 0.305. The minimum atomic E-state index is -0.242. The van der Waals surface area contributed by atoms with Gasteiger partial charge in [0.15, 0.2) is 0 Å². The van der Waals surface area contributed by atoms with Crippen molar-refractivity contribution < 1.29 is 9.13 Å². The van der Waals surface area contributed by atoms with E-state index in [-0.39, 0.29) is 5.82 Å². The van der Waals surface area contributed by atoms with Crippen molar-refractivity contribution in [2.45, 2.75) is 13.2 Å². The zero-order valence-corrected chi connectivity index (χ0v) is 12.7. The lowest BCUT2D eigenvalue weighted by atomic mass is 10.2. The van der Waals surface area contributed by atoms with Crippen molar-refractivity contribution in [3.05, 3.63) is 95.8 Å². The van der Waals surface area contributed by atoms with E-state index in [9.17, 15) is 4.39 Å². The number of para-hydroxylation sites is 1. The number of anilines is 1. The molecule has 0 atom stereocenters. The van der Waals surface area contributed by atoms with Gasteiger partial charge in [-0.2, -0.15) is 0 Å². The largest absolute Gasteiger partial charge is 0.489 e. The number of hydrogen-bond donors (Lipinski definition) is 1. The van der Waals surface area contributed by atoms with E-state index in [1.807, 2.05) is 60.7 Å². The van der Waals surface area contributed by atoms with E-state index in [1.165, 1.54) is 17.7 Å². The van der Waals surface area contributed by atoms with Crippen LogP contribution in [0.2, 0.25) is 0 Å². The topological polar surface area (TPSA) is 21.3 Å². The molecule has 0 saturated carbocycles. The third-order valence-corrected chi connectivity index (χ3v) is 3.49. The Bertz CT molecular complexity index is 741. The summed E-state index contributed by atoms with van der Waals surface area (Å²) in [6.07, 6.45) is 0. The number of nitrogens with one attached hydrogen (secondary N) is 1. The van der Waals surface area contributed by atoms with Gasteiger partial charge in [-0.15, -0.1) is 0 Å². The summed E-state index contributed by atoms with van der Waals surface area (Å²) in [6, 6.07) is 24.4. The van der Waals surface area contributed by atoms with Crippen LogP contribution in [0.5, 0.6) is 5.75 Å². The summed E-state index contributed by atoms with van der Waals surface area (Å²) in [7, 11) is 0. The summed E-state index contributed by atoms with van der Waals surface area (Å²) in [5, 5.41) is 3.36. The number of rotatable bonds is 6. The molecule has 0 aliphatic heterocycles. The molecule has 0 aromatic heterocycles. The fourth-order valence-corrected chi connectivity index (χ4v) is 2.26. The first-order chi connectivity index (χ1) is 11.3. The minimum Gasteiger partial charge on any atom is -0.489 e. The van der Waals surface area contributed by atoms with Gasteiger partial charge in [-0.3, -0.25) is 0 Å². The van der Waals surface area contributed by atoms with Gasteiger partial charge in [-0.05, 0) is 47.5 Å². The highest BCUT2D eigenvalue weighted by Gasteiger charge is 1.99. The maximum Gasteiger partial charge on any atom is 0.123 e. The Morgan fingerprint density at radius 2 is 1.57 bits per heavy atom. The zero-order valence-electron chi connectivity index (χ0n) is 12.7. The van der Waals surface area contributed by atoms with Crippen LogP contribution in [-0.4, -0.2) is 0 Å². The molecule has 0 aliphatic rings. The quantitative estimate of drug-likeness (QED) is 0.690. The van der Waals surface area contributed by atoms with Gasteiger partial charge in [-0.1, -0.05) is 42.5 Å². The second-order valence-corrected chi connectivity index (χ2v) is 5.28. The van der Waals surface area contributed by atoms with Gasteiger partial charge in [0, 0.05) is 12.2 Å². The van der Waals surface area contributed by atoms with E-state index in [0.717, 1.165) is 23.5 Å². The number of benzene rings is 3. The second-order valence-electron chi connectivity index (χ2n) is 5.28. The van der Waals surface area contributed by atoms with Gasteiger partial charge in [0.25, 0.3) is 0 Å². The van der Waals surface area contributed by atoms with E-state index < -0.39 is 0 Å². The molecule has 0 radical (unpaired) electrons. The molecule has 0 spiro atoms. The number of ether oxygens (including phenoxy) is 1. The molecule has 0 unspecified atom stereocenters. The minimum absolute atomic E-state index is 0.242. The fraction of sp³-hybridized carbons (Fsp3) is 0.100. The molecule has 0 amide bonds. The molecule has 3 heteroatoms. The molecule has 0 bridgehead atoms. The smallest absolute Gasteiger partial charge is 0.123 e. The monoisotopic (exact) mass is 307 g/mol. The first-order valence-corrected chi connectivity index (χ1v) is 7.55. The highest BCUT2D eigenvalue weighted by atomic mass is 19.1. The number of hydrogen-bond acceptors (Lipinski definition) is 2. The van der Waals surface area contributed by atoms with Crippen molar-refractivity contribution in [2.75, 3.05) is 5.32 Å². The van der Waals surface area contributed by atoms with Crippen molar-refractivity contribution in [2.24, 2.45) is 0 Å². The van der Waals surface area contributed by atoms with Crippen LogP contribution < -0.4 is 10.1 Å². The van der Waals surface area contributed by atoms with Crippen LogP contribution in [0.3, 0.4) is 0 Å². The maximum atomic E-state index is 13.1. The van der Waals surface area contributed by atoms with E-state index in [4.69, 9.17) is 4.74 Å². The summed E-state index contributed by atoms with van der Waals surface area (Å²) >= 11 is 0. The Labute approximate surface area is 135 Å². The van der Waals surface area contributed by atoms with E-state index in [0.29, 0.717) is 6.61 Å². The molecular formula is C20H18FNO. The predicted octanol–water partition coefficient (Wildman–Crippen LogP) is 5.02. The van der Waals surface area contributed by atoms with Crippen LogP contribution in [0.15, 0.2) is 78.9 Å². The zero-order chi connectivity index (χ0) is 15.9. The van der Waals surface area contributed by atoms with Gasteiger partial charge in [0.05, 0.1) is 0 Å². The summed E-state index contributed by atoms with van der Waals surface area (Å²) in [6.45, 7) is 1.12. The lowest BCUT2D eigenvalue weighted by Gasteiger charge is -2.09. The molecule has 3 aromatic rings. The van der Waals surface area contributed by atoms with Crippen molar-refractivity contribution >= 4 is 5.69 Å². The van der Waals surface area contributed by atoms with Crippen LogP contribution >= 0.6 is 0 Å². The molecule has 23 heavy (non-hydrogen) atoms. The highest BCUT2D eigenvalue weighted by molar-refractivity contribution is 5.43. The van der Waals surface area contributed by atoms with Gasteiger partial charge >= 0.3 is 0 Å². The SMILES string of the molecule is Fc1cccc(COc2ccc(CNc3ccccc3)cc2)c1. The van der Waals surface area contributed by atoms with E-state index >= 15 is 0 Å². The summed E-state index contributed by atoms with van der Waals surface area (Å²) in [5.41, 5.74) is 3.09. The normalized spacial score (nSPS) is 10.3. The molecule has 3 aromatic carbocycles. The Morgan fingerprint density at radius 3 is 2.30 bits per heavy atom. The van der Waals surface area contributed by atoms with Gasteiger partial charge < -0.3 is 10.1 Å². The predicted molar refractivity (Wildman–Crippen MR) is 90.9 cm³/mol. The third kappa shape index (κ3) is 4.58. The second kappa shape index (κ2) is 7.45. The molecule has 0 aliphatic carbocycles. The van der Waals surface area contributed by atoms with Crippen LogP contribution in [0, 0.1) is 5.82 Å². The highest BCUT2D eigenvalue weighted by Crippen LogP contribution is 2.16. The van der Waals surface area contributed by atoms with Crippen LogP contribution in [0.25, 0.3) is 0 Å². The first-order valence-electron chi connectivity index (χ1n) is 7.55. The molecule has 3 rings (SSSR count). The summed E-state index contributed by atoms with van der Waals surface area (Å²) < 4.78 is 18.8. The molecule has 0 saturated heterocycles. The Balaban J connectivity index is 1.52.